The minimum absolute atomic E-state index is 0.421. The van der Waals surface area contributed by atoms with Crippen LogP contribution in [0.4, 0.5) is 0 Å². The number of furan rings is 1. The van der Waals surface area contributed by atoms with Crippen molar-refractivity contribution in [2.24, 2.45) is 0 Å². The van der Waals surface area contributed by atoms with E-state index in [1.54, 1.807) is 0 Å². The highest BCUT2D eigenvalue weighted by Gasteiger charge is 2.09. The van der Waals surface area contributed by atoms with Crippen molar-refractivity contribution in [1.29, 1.82) is 0 Å². The second-order valence-electron chi connectivity index (χ2n) is 5.21. The van der Waals surface area contributed by atoms with Crippen molar-refractivity contribution in [1.82, 2.24) is 5.32 Å². The predicted molar refractivity (Wildman–Crippen MR) is 82.0 cm³/mol. The van der Waals surface area contributed by atoms with E-state index in [9.17, 15) is 4.21 Å². The second-order valence-corrected chi connectivity index (χ2v) is 6.66. The van der Waals surface area contributed by atoms with Crippen LogP contribution in [0.15, 0.2) is 45.7 Å². The Labute approximate surface area is 122 Å². The summed E-state index contributed by atoms with van der Waals surface area (Å²) in [5, 5.41) is 3.30. The van der Waals surface area contributed by atoms with E-state index < -0.39 is 10.8 Å². The number of nitrogens with one attached hydrogen (secondary N) is 1. The fourth-order valence-corrected chi connectivity index (χ4v) is 3.00. The van der Waals surface area contributed by atoms with Crippen LogP contribution in [0.3, 0.4) is 0 Å². The van der Waals surface area contributed by atoms with Gasteiger partial charge in [-0.1, -0.05) is 26.0 Å². The zero-order chi connectivity index (χ0) is 14.5. The SMILES string of the molecule is Cc1cccc(S(=O)Cc2ccc(CNC(C)C)o2)c1. The van der Waals surface area contributed by atoms with Crippen LogP contribution in [0.1, 0.15) is 30.9 Å². The lowest BCUT2D eigenvalue weighted by Crippen LogP contribution is -2.21. The molecule has 0 aliphatic carbocycles. The van der Waals surface area contributed by atoms with Crippen molar-refractivity contribution in [3.05, 3.63) is 53.5 Å². The molecule has 1 aromatic carbocycles. The Kier molecular flexibility index (Phi) is 5.15. The van der Waals surface area contributed by atoms with Gasteiger partial charge in [0.25, 0.3) is 0 Å². The monoisotopic (exact) mass is 291 g/mol. The number of benzene rings is 1. The number of aryl methyl sites for hydroxylation is 1. The third-order valence-corrected chi connectivity index (χ3v) is 4.25. The molecule has 108 valence electrons. The smallest absolute Gasteiger partial charge is 0.118 e. The molecular weight excluding hydrogens is 270 g/mol. The van der Waals surface area contributed by atoms with Gasteiger partial charge in [0.15, 0.2) is 0 Å². The molecule has 0 aliphatic heterocycles. The molecule has 1 unspecified atom stereocenters. The Bertz CT molecular complexity index is 590. The van der Waals surface area contributed by atoms with Crippen LogP contribution < -0.4 is 5.32 Å². The molecule has 0 fully saturated rings. The van der Waals surface area contributed by atoms with Crippen LogP contribution in [0, 0.1) is 6.92 Å². The Morgan fingerprint density at radius 2 is 1.95 bits per heavy atom. The van der Waals surface area contributed by atoms with Gasteiger partial charge in [0, 0.05) is 10.9 Å². The predicted octanol–water partition coefficient (Wildman–Crippen LogP) is 3.39. The second kappa shape index (κ2) is 6.86. The van der Waals surface area contributed by atoms with Gasteiger partial charge in [0.2, 0.25) is 0 Å². The van der Waals surface area contributed by atoms with Gasteiger partial charge in [-0.25, -0.2) is 0 Å². The van der Waals surface area contributed by atoms with E-state index >= 15 is 0 Å². The average molecular weight is 291 g/mol. The number of rotatable bonds is 6. The highest BCUT2D eigenvalue weighted by atomic mass is 32.2. The first-order chi connectivity index (χ1) is 9.54. The molecule has 1 N–H and O–H groups in total. The van der Waals surface area contributed by atoms with E-state index in [0.29, 0.717) is 18.3 Å². The van der Waals surface area contributed by atoms with E-state index in [1.165, 1.54) is 0 Å². The summed E-state index contributed by atoms with van der Waals surface area (Å²) in [5.41, 5.74) is 1.12. The standard InChI is InChI=1S/C16H21NO2S/c1-12(2)17-10-14-7-8-15(19-14)11-20(18)16-6-4-5-13(3)9-16/h4-9,12,17H,10-11H2,1-3H3. The van der Waals surface area contributed by atoms with Crippen LogP contribution >= 0.6 is 0 Å². The molecule has 0 amide bonds. The van der Waals surface area contributed by atoms with Gasteiger partial charge in [0.05, 0.1) is 23.1 Å². The fourth-order valence-electron chi connectivity index (χ4n) is 1.87. The molecular formula is C16H21NO2S. The zero-order valence-corrected chi connectivity index (χ0v) is 13.0. The van der Waals surface area contributed by atoms with E-state index in [-0.39, 0.29) is 0 Å². The van der Waals surface area contributed by atoms with E-state index in [2.05, 4.69) is 19.2 Å². The lowest BCUT2D eigenvalue weighted by atomic mass is 10.2. The zero-order valence-electron chi connectivity index (χ0n) is 12.2. The molecule has 0 saturated heterocycles. The maximum Gasteiger partial charge on any atom is 0.118 e. The van der Waals surface area contributed by atoms with Crippen molar-refractivity contribution in [3.8, 4) is 0 Å². The molecule has 3 nitrogen and oxygen atoms in total. The maximum atomic E-state index is 12.3. The van der Waals surface area contributed by atoms with Crippen molar-refractivity contribution in [2.45, 2.75) is 44.0 Å². The molecule has 0 saturated carbocycles. The third-order valence-electron chi connectivity index (χ3n) is 2.93. The van der Waals surface area contributed by atoms with E-state index in [1.807, 2.05) is 43.3 Å². The Balaban J connectivity index is 1.98. The van der Waals surface area contributed by atoms with Crippen molar-refractivity contribution < 1.29 is 8.63 Å². The van der Waals surface area contributed by atoms with E-state index in [0.717, 1.165) is 22.0 Å². The summed E-state index contributed by atoms with van der Waals surface area (Å²) in [6.45, 7) is 6.89. The van der Waals surface area contributed by atoms with Crippen molar-refractivity contribution in [3.63, 3.8) is 0 Å². The summed E-state index contributed by atoms with van der Waals surface area (Å²) in [7, 11) is -1.06. The first-order valence-electron chi connectivity index (χ1n) is 6.80. The summed E-state index contributed by atoms with van der Waals surface area (Å²) in [4.78, 5) is 0.850. The van der Waals surface area contributed by atoms with Crippen LogP contribution in [0.2, 0.25) is 0 Å². The molecule has 0 radical (unpaired) electrons. The van der Waals surface area contributed by atoms with Crippen molar-refractivity contribution in [2.75, 3.05) is 0 Å². The van der Waals surface area contributed by atoms with Gasteiger partial charge in [-0.3, -0.25) is 4.21 Å². The van der Waals surface area contributed by atoms with Crippen LogP contribution in [0.5, 0.6) is 0 Å². The molecule has 1 aromatic heterocycles. The normalized spacial score (nSPS) is 12.8. The summed E-state index contributed by atoms with van der Waals surface area (Å²) >= 11 is 0. The topological polar surface area (TPSA) is 42.2 Å². The van der Waals surface area contributed by atoms with Gasteiger partial charge in [-0.15, -0.1) is 0 Å². The summed E-state index contributed by atoms with van der Waals surface area (Å²) in [6, 6.07) is 12.1. The molecule has 2 rings (SSSR count). The minimum Gasteiger partial charge on any atom is -0.464 e. The molecule has 0 bridgehead atoms. The van der Waals surface area contributed by atoms with Gasteiger partial charge in [0.1, 0.15) is 11.5 Å². The summed E-state index contributed by atoms with van der Waals surface area (Å²) in [5.74, 6) is 2.07. The Morgan fingerprint density at radius 3 is 2.65 bits per heavy atom. The summed E-state index contributed by atoms with van der Waals surface area (Å²) in [6.07, 6.45) is 0. The van der Waals surface area contributed by atoms with Crippen LogP contribution in [-0.4, -0.2) is 10.3 Å². The lowest BCUT2D eigenvalue weighted by Gasteiger charge is -2.05. The first kappa shape index (κ1) is 15.0. The molecule has 1 heterocycles. The van der Waals surface area contributed by atoms with Crippen molar-refractivity contribution >= 4 is 10.8 Å². The molecule has 0 aliphatic rings. The molecule has 0 spiro atoms. The largest absolute Gasteiger partial charge is 0.464 e. The van der Waals surface area contributed by atoms with Crippen LogP contribution in [-0.2, 0) is 23.1 Å². The Hall–Kier alpha value is -1.39. The molecule has 20 heavy (non-hydrogen) atoms. The van der Waals surface area contributed by atoms with Gasteiger partial charge in [-0.05, 0) is 36.8 Å². The van der Waals surface area contributed by atoms with Gasteiger partial charge in [-0.2, -0.15) is 0 Å². The highest BCUT2D eigenvalue weighted by molar-refractivity contribution is 7.84. The summed E-state index contributed by atoms with van der Waals surface area (Å²) < 4.78 is 18.0. The van der Waals surface area contributed by atoms with E-state index in [4.69, 9.17) is 4.42 Å². The number of hydrogen-bond donors (Lipinski definition) is 1. The van der Waals surface area contributed by atoms with Gasteiger partial charge >= 0.3 is 0 Å². The molecule has 1 atom stereocenters. The molecule has 4 heteroatoms. The third kappa shape index (κ3) is 4.32. The lowest BCUT2D eigenvalue weighted by molar-refractivity contribution is 0.445. The first-order valence-corrected chi connectivity index (χ1v) is 8.12. The Morgan fingerprint density at radius 1 is 1.20 bits per heavy atom. The van der Waals surface area contributed by atoms with Crippen LogP contribution in [0.25, 0.3) is 0 Å². The number of hydrogen-bond acceptors (Lipinski definition) is 3. The quantitative estimate of drug-likeness (QED) is 0.887. The van der Waals surface area contributed by atoms with Gasteiger partial charge < -0.3 is 9.73 Å². The average Bonchev–Trinajstić information content (AvgIpc) is 2.84. The minimum atomic E-state index is -1.06. The molecule has 2 aromatic rings. The highest BCUT2D eigenvalue weighted by Crippen LogP contribution is 2.16. The maximum absolute atomic E-state index is 12.3. The fraction of sp³-hybridized carbons (Fsp3) is 0.375.